The quantitative estimate of drug-likeness (QED) is 0.419. The predicted molar refractivity (Wildman–Crippen MR) is 69.6 cm³/mol. The summed E-state index contributed by atoms with van der Waals surface area (Å²) in [6.45, 7) is 0. The molecule has 0 saturated heterocycles. The summed E-state index contributed by atoms with van der Waals surface area (Å²) in [6, 6.07) is 7.37. The van der Waals surface area contributed by atoms with E-state index < -0.39 is 33.3 Å². The second kappa shape index (κ2) is 7.43. The largest absolute Gasteiger partial charge is 1.00 e. The van der Waals surface area contributed by atoms with Crippen molar-refractivity contribution in [2.45, 2.75) is 5.75 Å². The standard InChI is InChI=1S/C14H10F2O4S.Na/c15-11-4-1-9(2-5-11)14(17)13-7-12(16)6-3-10(13)8-21(18,19)20;/h1-7H,8H2,(H,18,19,20);/q;+1/p-1. The molecule has 0 spiro atoms. The van der Waals surface area contributed by atoms with E-state index in [9.17, 15) is 26.5 Å². The Kier molecular flexibility index (Phi) is 6.39. The summed E-state index contributed by atoms with van der Waals surface area (Å²) in [5.74, 6) is -2.90. The van der Waals surface area contributed by atoms with E-state index in [1.807, 2.05) is 0 Å². The fraction of sp³-hybridized carbons (Fsp3) is 0.0714. The van der Waals surface area contributed by atoms with E-state index in [-0.39, 0.29) is 46.2 Å². The molecule has 2 aromatic rings. The van der Waals surface area contributed by atoms with Gasteiger partial charge in [-0.1, -0.05) is 6.07 Å². The third kappa shape index (κ3) is 4.96. The van der Waals surface area contributed by atoms with Gasteiger partial charge in [-0.05, 0) is 42.0 Å². The van der Waals surface area contributed by atoms with Gasteiger partial charge in [0.25, 0.3) is 0 Å². The summed E-state index contributed by atoms with van der Waals surface area (Å²) in [7, 11) is -4.62. The van der Waals surface area contributed by atoms with Crippen molar-refractivity contribution in [2.24, 2.45) is 0 Å². The van der Waals surface area contributed by atoms with Crippen molar-refractivity contribution in [3.63, 3.8) is 0 Å². The van der Waals surface area contributed by atoms with Crippen LogP contribution in [0.2, 0.25) is 0 Å². The molecule has 0 fully saturated rings. The molecule has 0 atom stereocenters. The normalized spacial score (nSPS) is 10.9. The number of hydrogen-bond acceptors (Lipinski definition) is 4. The zero-order valence-electron chi connectivity index (χ0n) is 11.5. The molecule has 0 aromatic heterocycles. The average molecular weight is 334 g/mol. The van der Waals surface area contributed by atoms with Crippen molar-refractivity contribution < 1.29 is 56.1 Å². The Hall–Kier alpha value is -1.12. The van der Waals surface area contributed by atoms with Crippen molar-refractivity contribution in [1.29, 1.82) is 0 Å². The maximum absolute atomic E-state index is 13.3. The molecule has 2 aromatic carbocycles. The summed E-state index contributed by atoms with van der Waals surface area (Å²) >= 11 is 0. The van der Waals surface area contributed by atoms with Gasteiger partial charge in [0, 0.05) is 11.1 Å². The number of benzene rings is 2. The molecule has 0 unspecified atom stereocenters. The van der Waals surface area contributed by atoms with Gasteiger partial charge in [-0.25, -0.2) is 17.2 Å². The van der Waals surface area contributed by atoms with Crippen molar-refractivity contribution in [2.75, 3.05) is 0 Å². The van der Waals surface area contributed by atoms with Crippen LogP contribution in [0.25, 0.3) is 0 Å². The van der Waals surface area contributed by atoms with Crippen LogP contribution in [-0.2, 0) is 15.9 Å². The van der Waals surface area contributed by atoms with Gasteiger partial charge < -0.3 is 4.55 Å². The number of carbonyl (C=O) groups is 1. The van der Waals surface area contributed by atoms with Crippen LogP contribution in [0.15, 0.2) is 42.5 Å². The summed E-state index contributed by atoms with van der Waals surface area (Å²) in [6.07, 6.45) is 0. The van der Waals surface area contributed by atoms with Crippen molar-refractivity contribution in [3.8, 4) is 0 Å². The first kappa shape index (κ1) is 18.9. The first-order valence-electron chi connectivity index (χ1n) is 5.78. The van der Waals surface area contributed by atoms with Crippen molar-refractivity contribution in [1.82, 2.24) is 0 Å². The monoisotopic (exact) mass is 334 g/mol. The predicted octanol–water partition coefficient (Wildman–Crippen LogP) is -0.755. The number of hydrogen-bond donors (Lipinski definition) is 0. The molecule has 4 nitrogen and oxygen atoms in total. The van der Waals surface area contributed by atoms with Gasteiger partial charge in [-0.3, -0.25) is 4.79 Å². The molecule has 0 radical (unpaired) electrons. The third-order valence-electron chi connectivity index (χ3n) is 2.76. The summed E-state index contributed by atoms with van der Waals surface area (Å²) in [4.78, 5) is 12.2. The minimum Gasteiger partial charge on any atom is -0.748 e. The van der Waals surface area contributed by atoms with E-state index in [0.29, 0.717) is 0 Å². The topological polar surface area (TPSA) is 74.3 Å². The Labute approximate surface area is 148 Å². The summed E-state index contributed by atoms with van der Waals surface area (Å²) < 4.78 is 58.6. The van der Waals surface area contributed by atoms with Crippen LogP contribution >= 0.6 is 0 Å². The molecule has 0 aliphatic rings. The molecule has 2 rings (SSSR count). The minimum absolute atomic E-state index is 0. The molecule has 8 heteroatoms. The van der Waals surface area contributed by atoms with Gasteiger partial charge in [0.1, 0.15) is 11.6 Å². The molecular weight excluding hydrogens is 325 g/mol. The minimum atomic E-state index is -4.62. The Morgan fingerprint density at radius 2 is 1.55 bits per heavy atom. The van der Waals surface area contributed by atoms with Crippen LogP contribution in [0.1, 0.15) is 21.5 Å². The zero-order chi connectivity index (χ0) is 15.6. The molecule has 0 amide bonds. The van der Waals surface area contributed by atoms with Crippen LogP contribution in [0, 0.1) is 11.6 Å². The summed E-state index contributed by atoms with van der Waals surface area (Å²) in [5.41, 5.74) is -0.270. The molecule has 0 aliphatic heterocycles. The molecule has 110 valence electrons. The second-order valence-corrected chi connectivity index (χ2v) is 5.74. The summed E-state index contributed by atoms with van der Waals surface area (Å²) in [5, 5.41) is 0. The van der Waals surface area contributed by atoms with E-state index in [1.165, 1.54) is 12.1 Å². The van der Waals surface area contributed by atoms with E-state index in [0.717, 1.165) is 30.3 Å². The van der Waals surface area contributed by atoms with Crippen LogP contribution in [-0.4, -0.2) is 18.8 Å². The van der Waals surface area contributed by atoms with E-state index in [4.69, 9.17) is 0 Å². The Balaban J connectivity index is 0.00000242. The van der Waals surface area contributed by atoms with Gasteiger partial charge in [0.05, 0.1) is 15.9 Å². The van der Waals surface area contributed by atoms with Crippen molar-refractivity contribution >= 4 is 15.9 Å². The van der Waals surface area contributed by atoms with E-state index >= 15 is 0 Å². The van der Waals surface area contributed by atoms with Crippen LogP contribution in [0.5, 0.6) is 0 Å². The van der Waals surface area contributed by atoms with E-state index in [2.05, 4.69) is 0 Å². The maximum atomic E-state index is 13.3. The van der Waals surface area contributed by atoms with Gasteiger partial charge >= 0.3 is 29.6 Å². The number of halogens is 2. The van der Waals surface area contributed by atoms with Crippen LogP contribution < -0.4 is 29.6 Å². The fourth-order valence-electron chi connectivity index (χ4n) is 1.83. The molecule has 0 aliphatic carbocycles. The number of ketones is 1. The van der Waals surface area contributed by atoms with Crippen LogP contribution in [0.3, 0.4) is 0 Å². The smallest absolute Gasteiger partial charge is 0.748 e. The second-order valence-electron chi connectivity index (χ2n) is 4.34. The molecule has 0 heterocycles. The Bertz CT molecular complexity index is 789. The number of rotatable bonds is 4. The first-order valence-corrected chi connectivity index (χ1v) is 7.36. The van der Waals surface area contributed by atoms with Crippen LogP contribution in [0.4, 0.5) is 8.78 Å². The molecule has 0 N–H and O–H groups in total. The molecule has 22 heavy (non-hydrogen) atoms. The number of carbonyl (C=O) groups excluding carboxylic acids is 1. The van der Waals surface area contributed by atoms with Gasteiger partial charge in [0.2, 0.25) is 0 Å². The fourth-order valence-corrected chi connectivity index (χ4v) is 2.47. The van der Waals surface area contributed by atoms with Gasteiger partial charge in [-0.15, -0.1) is 0 Å². The first-order chi connectivity index (χ1) is 9.76. The molecule has 0 saturated carbocycles. The Morgan fingerprint density at radius 1 is 1.00 bits per heavy atom. The van der Waals surface area contributed by atoms with E-state index in [1.54, 1.807) is 0 Å². The van der Waals surface area contributed by atoms with Crippen molar-refractivity contribution in [3.05, 3.63) is 70.8 Å². The zero-order valence-corrected chi connectivity index (χ0v) is 14.4. The third-order valence-corrected chi connectivity index (χ3v) is 3.42. The SMILES string of the molecule is O=C(c1ccc(F)cc1)c1cc(F)ccc1CS(=O)(=O)[O-].[Na+]. The molecular formula is C14H9F2NaO4S. The van der Waals surface area contributed by atoms with Gasteiger partial charge in [-0.2, -0.15) is 0 Å². The van der Waals surface area contributed by atoms with Gasteiger partial charge in [0.15, 0.2) is 5.78 Å². The average Bonchev–Trinajstić information content (AvgIpc) is 2.39. The molecule has 0 bridgehead atoms. The Morgan fingerprint density at radius 3 is 2.09 bits per heavy atom. The maximum Gasteiger partial charge on any atom is 1.00 e.